The van der Waals surface area contributed by atoms with Crippen LogP contribution in [0.15, 0.2) is 18.3 Å². The predicted octanol–water partition coefficient (Wildman–Crippen LogP) is -1.45. The van der Waals surface area contributed by atoms with Gasteiger partial charge < -0.3 is 10.6 Å². The first-order valence-corrected chi connectivity index (χ1v) is 7.62. The number of nitrogens with two attached hydrogens (primary N) is 2. The maximum Gasteiger partial charge on any atom is 0.277 e. The Kier molecular flexibility index (Phi) is 4.21. The number of carbonyl (C=O) groups is 1. The Bertz CT molecular complexity index is 579. The highest BCUT2D eigenvalue weighted by molar-refractivity contribution is 7.86. The summed E-state index contributed by atoms with van der Waals surface area (Å²) < 4.78 is 23.5. The van der Waals surface area contributed by atoms with Crippen molar-refractivity contribution in [1.82, 2.24) is 14.2 Å². The topological polar surface area (TPSA) is 123 Å². The molecule has 9 heteroatoms. The van der Waals surface area contributed by atoms with E-state index in [0.717, 1.165) is 4.31 Å². The Morgan fingerprint density at radius 1 is 1.25 bits per heavy atom. The summed E-state index contributed by atoms with van der Waals surface area (Å²) in [5, 5.41) is 5.04. The SMILES string of the molecule is Nc1ccc(CC(=O)N2CCN(S(N)(=O)=O)CC2)nc1. The molecule has 0 bridgehead atoms. The van der Waals surface area contributed by atoms with E-state index < -0.39 is 10.2 Å². The van der Waals surface area contributed by atoms with E-state index in [1.54, 1.807) is 17.0 Å². The quantitative estimate of drug-likeness (QED) is 0.707. The molecular weight excluding hydrogens is 282 g/mol. The minimum atomic E-state index is -3.67. The number of nitrogen functional groups attached to an aromatic ring is 1. The van der Waals surface area contributed by atoms with Crippen molar-refractivity contribution in [1.29, 1.82) is 0 Å². The maximum atomic E-state index is 12.1. The van der Waals surface area contributed by atoms with Gasteiger partial charge in [0.2, 0.25) is 5.91 Å². The van der Waals surface area contributed by atoms with Gasteiger partial charge in [0.05, 0.1) is 18.3 Å². The van der Waals surface area contributed by atoms with Crippen LogP contribution in [0.3, 0.4) is 0 Å². The largest absolute Gasteiger partial charge is 0.397 e. The van der Waals surface area contributed by atoms with Gasteiger partial charge in [0.15, 0.2) is 0 Å². The summed E-state index contributed by atoms with van der Waals surface area (Å²) >= 11 is 0. The lowest BCUT2D eigenvalue weighted by Gasteiger charge is -2.32. The van der Waals surface area contributed by atoms with Crippen LogP contribution in [0.1, 0.15) is 5.69 Å². The predicted molar refractivity (Wildman–Crippen MR) is 73.6 cm³/mol. The van der Waals surface area contributed by atoms with E-state index in [1.165, 1.54) is 6.20 Å². The van der Waals surface area contributed by atoms with Crippen molar-refractivity contribution in [2.45, 2.75) is 6.42 Å². The number of anilines is 1. The number of nitrogens with zero attached hydrogens (tertiary/aromatic N) is 3. The molecule has 0 aromatic carbocycles. The molecule has 1 aliphatic rings. The number of amides is 1. The second-order valence-corrected chi connectivity index (χ2v) is 6.13. The molecule has 110 valence electrons. The molecule has 1 fully saturated rings. The van der Waals surface area contributed by atoms with Gasteiger partial charge in [-0.1, -0.05) is 0 Å². The van der Waals surface area contributed by atoms with Crippen molar-refractivity contribution in [2.24, 2.45) is 5.14 Å². The third-order valence-electron chi connectivity index (χ3n) is 3.13. The lowest BCUT2D eigenvalue weighted by molar-refractivity contribution is -0.131. The molecule has 2 rings (SSSR count). The van der Waals surface area contributed by atoms with Crippen molar-refractivity contribution >= 4 is 21.8 Å². The van der Waals surface area contributed by atoms with E-state index in [4.69, 9.17) is 10.9 Å². The molecule has 8 nitrogen and oxygen atoms in total. The minimum absolute atomic E-state index is 0.0867. The molecule has 0 spiro atoms. The van der Waals surface area contributed by atoms with E-state index in [0.29, 0.717) is 24.5 Å². The van der Waals surface area contributed by atoms with E-state index in [9.17, 15) is 13.2 Å². The summed E-state index contributed by atoms with van der Waals surface area (Å²) in [5.74, 6) is -0.0867. The van der Waals surface area contributed by atoms with Crippen molar-refractivity contribution in [3.8, 4) is 0 Å². The number of piperazine rings is 1. The average Bonchev–Trinajstić information content (AvgIpc) is 2.40. The summed E-state index contributed by atoms with van der Waals surface area (Å²) in [6, 6.07) is 3.39. The summed E-state index contributed by atoms with van der Waals surface area (Å²) in [5.41, 5.74) is 6.71. The standard InChI is InChI=1S/C11H17N5O3S/c12-9-1-2-10(14-8-9)7-11(17)15-3-5-16(6-4-15)20(13,18)19/h1-2,8H,3-7,12H2,(H2,13,18,19). The Labute approximate surface area is 117 Å². The van der Waals surface area contributed by atoms with Gasteiger partial charge in [0.25, 0.3) is 10.2 Å². The lowest BCUT2D eigenvalue weighted by atomic mass is 10.2. The molecule has 1 aromatic rings. The Morgan fingerprint density at radius 2 is 1.90 bits per heavy atom. The third kappa shape index (κ3) is 3.65. The van der Waals surface area contributed by atoms with Gasteiger partial charge in [0, 0.05) is 31.9 Å². The van der Waals surface area contributed by atoms with E-state index in [2.05, 4.69) is 4.98 Å². The monoisotopic (exact) mass is 299 g/mol. The van der Waals surface area contributed by atoms with Crippen LogP contribution < -0.4 is 10.9 Å². The fraction of sp³-hybridized carbons (Fsp3) is 0.455. The maximum absolute atomic E-state index is 12.1. The van der Waals surface area contributed by atoms with Crippen LogP contribution in [0.25, 0.3) is 0 Å². The van der Waals surface area contributed by atoms with Crippen LogP contribution in [0, 0.1) is 0 Å². The lowest BCUT2D eigenvalue weighted by Crippen LogP contribution is -2.52. The second kappa shape index (κ2) is 5.73. The second-order valence-electron chi connectivity index (χ2n) is 4.58. The number of aromatic nitrogens is 1. The van der Waals surface area contributed by atoms with Crippen molar-refractivity contribution in [2.75, 3.05) is 31.9 Å². The van der Waals surface area contributed by atoms with E-state index >= 15 is 0 Å². The zero-order valence-corrected chi connectivity index (χ0v) is 11.7. The fourth-order valence-electron chi connectivity index (χ4n) is 2.00. The summed E-state index contributed by atoms with van der Waals surface area (Å²) in [6.45, 7) is 1.12. The van der Waals surface area contributed by atoms with Gasteiger partial charge in [-0.05, 0) is 12.1 Å². The molecule has 2 heterocycles. The number of pyridine rings is 1. The van der Waals surface area contributed by atoms with Gasteiger partial charge >= 0.3 is 0 Å². The third-order valence-corrected chi connectivity index (χ3v) is 4.22. The van der Waals surface area contributed by atoms with Crippen LogP contribution in [0.5, 0.6) is 0 Å². The highest BCUT2D eigenvalue weighted by Crippen LogP contribution is 2.08. The number of carbonyl (C=O) groups excluding carboxylic acids is 1. The average molecular weight is 299 g/mol. The number of hydrogen-bond acceptors (Lipinski definition) is 5. The normalized spacial score (nSPS) is 17.1. The van der Waals surface area contributed by atoms with Crippen LogP contribution in [-0.4, -0.2) is 54.7 Å². The van der Waals surface area contributed by atoms with Crippen molar-refractivity contribution < 1.29 is 13.2 Å². The zero-order valence-electron chi connectivity index (χ0n) is 10.9. The summed E-state index contributed by atoms with van der Waals surface area (Å²) in [7, 11) is -3.67. The van der Waals surface area contributed by atoms with Crippen LogP contribution in [0.2, 0.25) is 0 Å². The van der Waals surface area contributed by atoms with Gasteiger partial charge in [-0.15, -0.1) is 0 Å². The van der Waals surface area contributed by atoms with Crippen LogP contribution in [0.4, 0.5) is 5.69 Å². The van der Waals surface area contributed by atoms with E-state index in [1.807, 2.05) is 0 Å². The Balaban J connectivity index is 1.90. The van der Waals surface area contributed by atoms with Gasteiger partial charge in [0.1, 0.15) is 0 Å². The molecule has 1 saturated heterocycles. The molecule has 1 aromatic heterocycles. The van der Waals surface area contributed by atoms with Crippen molar-refractivity contribution in [3.63, 3.8) is 0 Å². The van der Waals surface area contributed by atoms with Crippen LogP contribution >= 0.6 is 0 Å². The highest BCUT2D eigenvalue weighted by Gasteiger charge is 2.26. The summed E-state index contributed by atoms with van der Waals surface area (Å²) in [6.07, 6.45) is 1.68. The first kappa shape index (κ1) is 14.7. The Hall–Kier alpha value is -1.71. The number of hydrogen-bond donors (Lipinski definition) is 2. The molecule has 0 unspecified atom stereocenters. The molecule has 4 N–H and O–H groups in total. The molecule has 0 atom stereocenters. The van der Waals surface area contributed by atoms with Crippen LogP contribution in [-0.2, 0) is 21.4 Å². The molecule has 0 radical (unpaired) electrons. The number of rotatable bonds is 3. The first-order valence-electron chi connectivity index (χ1n) is 6.12. The van der Waals surface area contributed by atoms with Crippen molar-refractivity contribution in [3.05, 3.63) is 24.0 Å². The minimum Gasteiger partial charge on any atom is -0.397 e. The molecule has 20 heavy (non-hydrogen) atoms. The molecule has 0 aliphatic carbocycles. The molecular formula is C11H17N5O3S. The zero-order chi connectivity index (χ0) is 14.8. The molecule has 1 amide bonds. The highest BCUT2D eigenvalue weighted by atomic mass is 32.2. The van der Waals surface area contributed by atoms with E-state index in [-0.39, 0.29) is 25.4 Å². The first-order chi connectivity index (χ1) is 9.36. The van der Waals surface area contributed by atoms with Gasteiger partial charge in [-0.25, -0.2) is 5.14 Å². The molecule has 0 saturated carbocycles. The van der Waals surface area contributed by atoms with Gasteiger partial charge in [-0.3, -0.25) is 9.78 Å². The Morgan fingerprint density at radius 3 is 2.40 bits per heavy atom. The summed E-state index contributed by atoms with van der Waals surface area (Å²) in [4.78, 5) is 17.7. The molecule has 1 aliphatic heterocycles. The fourth-order valence-corrected chi connectivity index (χ4v) is 2.67. The smallest absolute Gasteiger partial charge is 0.277 e. The van der Waals surface area contributed by atoms with Gasteiger partial charge in [-0.2, -0.15) is 12.7 Å².